The predicted molar refractivity (Wildman–Crippen MR) is 108 cm³/mol. The van der Waals surface area contributed by atoms with Crippen LogP contribution in [0.5, 0.6) is 11.5 Å². The van der Waals surface area contributed by atoms with Crippen LogP contribution < -0.4 is 4.74 Å². The molecule has 0 aliphatic heterocycles. The zero-order valence-electron chi connectivity index (χ0n) is 16.3. The monoisotopic (exact) mass is 369 g/mol. The number of ether oxygens (including phenoxy) is 1. The molecular weight excluding hydrogens is 338 g/mol. The van der Waals surface area contributed by atoms with E-state index in [-0.39, 0.29) is 0 Å². The van der Waals surface area contributed by atoms with E-state index in [1.807, 2.05) is 36.4 Å². The largest absolute Gasteiger partial charge is 0.481 e. The van der Waals surface area contributed by atoms with E-state index in [4.69, 9.17) is 9.84 Å². The van der Waals surface area contributed by atoms with Crippen molar-refractivity contribution in [1.82, 2.24) is 4.98 Å². The highest BCUT2D eigenvalue weighted by atomic mass is 16.5. The van der Waals surface area contributed by atoms with Crippen molar-refractivity contribution in [3.63, 3.8) is 0 Å². The van der Waals surface area contributed by atoms with Crippen molar-refractivity contribution in [2.75, 3.05) is 0 Å². The fourth-order valence-corrected chi connectivity index (χ4v) is 3.00. The number of hydrogen-bond donors (Lipinski definition) is 1. The molecule has 0 aliphatic carbocycles. The molecule has 2 aromatic rings. The van der Waals surface area contributed by atoms with Crippen LogP contribution in [0, 0.1) is 6.92 Å². The molecule has 0 saturated heterocycles. The Kier molecular flexibility index (Phi) is 9.39. The number of nitrogens with zero attached hydrogens (tertiary/aromatic N) is 1. The summed E-state index contributed by atoms with van der Waals surface area (Å²) in [5.74, 6) is 0.918. The van der Waals surface area contributed by atoms with Gasteiger partial charge in [-0.2, -0.15) is 0 Å². The Morgan fingerprint density at radius 3 is 2.04 bits per heavy atom. The Bertz CT molecular complexity index is 665. The van der Waals surface area contributed by atoms with Crippen molar-refractivity contribution >= 4 is 5.97 Å². The summed E-state index contributed by atoms with van der Waals surface area (Å²) >= 11 is 0. The van der Waals surface area contributed by atoms with E-state index in [1.54, 1.807) is 6.20 Å². The highest BCUT2D eigenvalue weighted by Crippen LogP contribution is 2.21. The van der Waals surface area contributed by atoms with Crippen LogP contribution in [-0.2, 0) is 11.2 Å². The Morgan fingerprint density at radius 1 is 0.852 bits per heavy atom. The highest BCUT2D eigenvalue weighted by Gasteiger charge is 2.00. The molecule has 0 unspecified atom stereocenters. The number of aryl methyl sites for hydroxylation is 2. The molecule has 0 spiro atoms. The van der Waals surface area contributed by atoms with Crippen LogP contribution >= 0.6 is 0 Å². The van der Waals surface area contributed by atoms with Crippen molar-refractivity contribution in [3.8, 4) is 11.5 Å². The van der Waals surface area contributed by atoms with Gasteiger partial charge in [-0.15, -0.1) is 0 Å². The van der Waals surface area contributed by atoms with Gasteiger partial charge in [0.15, 0.2) is 0 Å². The molecule has 4 nitrogen and oxygen atoms in total. The van der Waals surface area contributed by atoms with Crippen LogP contribution in [0.2, 0.25) is 0 Å². The lowest BCUT2D eigenvalue weighted by Gasteiger charge is -2.07. The van der Waals surface area contributed by atoms with E-state index in [1.165, 1.54) is 31.2 Å². The van der Waals surface area contributed by atoms with Crippen molar-refractivity contribution < 1.29 is 14.6 Å². The van der Waals surface area contributed by atoms with Crippen LogP contribution in [0.15, 0.2) is 42.6 Å². The molecule has 0 radical (unpaired) electrons. The summed E-state index contributed by atoms with van der Waals surface area (Å²) in [6.07, 6.45) is 12.2. The molecule has 1 heterocycles. The Labute approximate surface area is 162 Å². The molecule has 4 heteroatoms. The summed E-state index contributed by atoms with van der Waals surface area (Å²) in [6, 6.07) is 12.0. The first kappa shape index (κ1) is 20.9. The number of carboxylic acid groups (broad SMARTS) is 1. The maximum absolute atomic E-state index is 10.4. The SMILES string of the molecule is Cc1ccc(Oc2ccc(CCCCCCCCCCC(=O)O)nc2)cc1. The average molecular weight is 370 g/mol. The van der Waals surface area contributed by atoms with Gasteiger partial charge in [0.25, 0.3) is 0 Å². The van der Waals surface area contributed by atoms with Crippen molar-refractivity contribution in [3.05, 3.63) is 53.9 Å². The van der Waals surface area contributed by atoms with Gasteiger partial charge in [-0.25, -0.2) is 0 Å². The second kappa shape index (κ2) is 12.1. The Hall–Kier alpha value is -2.36. The van der Waals surface area contributed by atoms with E-state index in [9.17, 15) is 4.79 Å². The van der Waals surface area contributed by atoms with Gasteiger partial charge in [0.1, 0.15) is 11.5 Å². The third-order valence-corrected chi connectivity index (χ3v) is 4.63. The molecule has 146 valence electrons. The normalized spacial score (nSPS) is 10.7. The first-order valence-electron chi connectivity index (χ1n) is 10.0. The molecule has 1 N–H and O–H groups in total. The summed E-state index contributed by atoms with van der Waals surface area (Å²) in [5, 5.41) is 8.59. The number of carbonyl (C=O) groups is 1. The van der Waals surface area contributed by atoms with Crippen LogP contribution in [0.25, 0.3) is 0 Å². The predicted octanol–water partition coefficient (Wildman–Crippen LogP) is 6.32. The van der Waals surface area contributed by atoms with Gasteiger partial charge in [-0.05, 0) is 50.5 Å². The molecule has 0 atom stereocenters. The average Bonchev–Trinajstić information content (AvgIpc) is 2.66. The standard InChI is InChI=1S/C23H31NO3/c1-19-12-15-21(16-13-19)27-22-17-14-20(24-18-22)10-8-6-4-2-3-5-7-9-11-23(25)26/h12-18H,2-11H2,1H3,(H,25,26). The molecule has 2 rings (SSSR count). The number of unbranched alkanes of at least 4 members (excludes halogenated alkanes) is 7. The third kappa shape index (κ3) is 9.23. The fourth-order valence-electron chi connectivity index (χ4n) is 3.00. The summed E-state index contributed by atoms with van der Waals surface area (Å²) in [4.78, 5) is 14.9. The fraction of sp³-hybridized carbons (Fsp3) is 0.478. The second-order valence-corrected chi connectivity index (χ2v) is 7.12. The zero-order chi connectivity index (χ0) is 19.3. The maximum Gasteiger partial charge on any atom is 0.303 e. The molecular formula is C23H31NO3. The van der Waals surface area contributed by atoms with E-state index in [0.29, 0.717) is 6.42 Å². The van der Waals surface area contributed by atoms with Crippen molar-refractivity contribution in [2.24, 2.45) is 0 Å². The van der Waals surface area contributed by atoms with Gasteiger partial charge in [-0.3, -0.25) is 9.78 Å². The van der Waals surface area contributed by atoms with Gasteiger partial charge in [-0.1, -0.05) is 56.2 Å². The lowest BCUT2D eigenvalue weighted by molar-refractivity contribution is -0.137. The van der Waals surface area contributed by atoms with Crippen molar-refractivity contribution in [2.45, 2.75) is 71.1 Å². The smallest absolute Gasteiger partial charge is 0.303 e. The van der Waals surface area contributed by atoms with Gasteiger partial charge in [0.2, 0.25) is 0 Å². The van der Waals surface area contributed by atoms with E-state index in [0.717, 1.165) is 49.3 Å². The third-order valence-electron chi connectivity index (χ3n) is 4.63. The molecule has 0 aliphatic rings. The van der Waals surface area contributed by atoms with Crippen LogP contribution in [-0.4, -0.2) is 16.1 Å². The molecule has 1 aromatic heterocycles. The van der Waals surface area contributed by atoms with Crippen molar-refractivity contribution in [1.29, 1.82) is 0 Å². The topological polar surface area (TPSA) is 59.4 Å². The van der Waals surface area contributed by atoms with E-state index in [2.05, 4.69) is 11.9 Å². The molecule has 0 bridgehead atoms. The van der Waals surface area contributed by atoms with Gasteiger partial charge in [0.05, 0.1) is 6.20 Å². The summed E-state index contributed by atoms with van der Waals surface area (Å²) < 4.78 is 5.80. The number of carboxylic acids is 1. The quantitative estimate of drug-likeness (QED) is 0.420. The molecule has 1 aromatic carbocycles. The minimum atomic E-state index is -0.682. The van der Waals surface area contributed by atoms with Crippen LogP contribution in [0.3, 0.4) is 0 Å². The Morgan fingerprint density at radius 2 is 1.44 bits per heavy atom. The number of aromatic nitrogens is 1. The molecule has 27 heavy (non-hydrogen) atoms. The highest BCUT2D eigenvalue weighted by molar-refractivity contribution is 5.66. The second-order valence-electron chi connectivity index (χ2n) is 7.12. The van der Waals surface area contributed by atoms with Crippen LogP contribution in [0.1, 0.15) is 69.0 Å². The minimum Gasteiger partial charge on any atom is -0.481 e. The minimum absolute atomic E-state index is 0.307. The lowest BCUT2D eigenvalue weighted by atomic mass is 10.1. The maximum atomic E-state index is 10.4. The first-order valence-corrected chi connectivity index (χ1v) is 10.0. The van der Waals surface area contributed by atoms with E-state index < -0.39 is 5.97 Å². The van der Waals surface area contributed by atoms with E-state index >= 15 is 0 Å². The molecule has 0 fully saturated rings. The van der Waals surface area contributed by atoms with Gasteiger partial charge in [0, 0.05) is 12.1 Å². The van der Waals surface area contributed by atoms with Crippen LogP contribution in [0.4, 0.5) is 0 Å². The Balaban J connectivity index is 1.54. The van der Waals surface area contributed by atoms with Gasteiger partial charge < -0.3 is 9.84 Å². The number of hydrogen-bond acceptors (Lipinski definition) is 3. The van der Waals surface area contributed by atoms with Gasteiger partial charge >= 0.3 is 5.97 Å². The number of benzene rings is 1. The number of rotatable bonds is 13. The number of pyridine rings is 1. The summed E-state index contributed by atoms with van der Waals surface area (Å²) in [6.45, 7) is 2.06. The summed E-state index contributed by atoms with van der Waals surface area (Å²) in [7, 11) is 0. The lowest BCUT2D eigenvalue weighted by Crippen LogP contribution is -1.93. The first-order chi connectivity index (χ1) is 13.1. The molecule has 0 saturated carbocycles. The summed E-state index contributed by atoms with van der Waals surface area (Å²) in [5.41, 5.74) is 2.33. The zero-order valence-corrected chi connectivity index (χ0v) is 16.3. The molecule has 0 amide bonds. The number of aliphatic carboxylic acids is 1.